The third-order valence-corrected chi connectivity index (χ3v) is 6.27. The molecule has 0 bridgehead atoms. The van der Waals surface area contributed by atoms with Gasteiger partial charge in [-0.3, -0.25) is 0 Å². The lowest BCUT2D eigenvalue weighted by Crippen LogP contribution is -3.27. The fraction of sp³-hybridized carbons (Fsp3) is 0.333. The first kappa shape index (κ1) is 16.5. The van der Waals surface area contributed by atoms with Crippen LogP contribution in [0, 0.1) is 0 Å². The molecule has 0 spiro atoms. The van der Waals surface area contributed by atoms with Crippen molar-refractivity contribution in [3.63, 3.8) is 0 Å². The van der Waals surface area contributed by atoms with Crippen LogP contribution in [0.25, 0.3) is 16.5 Å². The van der Waals surface area contributed by atoms with Crippen LogP contribution in [0.3, 0.4) is 0 Å². The number of fused-ring (bicyclic) bond motifs is 1. The SMILES string of the molecule is C[NH+]1CC[NH+]([C@H](c2ccco2)c2sc3nc(-c4ccco4)nn3c2O)CC1. The molecule has 1 atom stereocenters. The van der Waals surface area contributed by atoms with Crippen LogP contribution in [-0.4, -0.2) is 52.9 Å². The second-order valence-corrected chi connectivity index (χ2v) is 7.97. The monoisotopic (exact) mass is 387 g/mol. The molecule has 1 aliphatic rings. The van der Waals surface area contributed by atoms with Gasteiger partial charge in [-0.2, -0.15) is 9.50 Å². The maximum atomic E-state index is 10.9. The van der Waals surface area contributed by atoms with E-state index in [0.29, 0.717) is 16.5 Å². The predicted octanol–water partition coefficient (Wildman–Crippen LogP) is -0.148. The lowest BCUT2D eigenvalue weighted by Gasteiger charge is -2.31. The van der Waals surface area contributed by atoms with E-state index in [9.17, 15) is 5.11 Å². The summed E-state index contributed by atoms with van der Waals surface area (Å²) in [5, 5.41) is 15.4. The zero-order valence-corrected chi connectivity index (χ0v) is 15.7. The third kappa shape index (κ3) is 2.84. The molecular weight excluding hydrogens is 366 g/mol. The lowest BCUT2D eigenvalue weighted by molar-refractivity contribution is -1.02. The first-order chi connectivity index (χ1) is 13.2. The molecule has 0 amide bonds. The highest BCUT2D eigenvalue weighted by atomic mass is 32.1. The molecule has 140 valence electrons. The largest absolute Gasteiger partial charge is 0.492 e. The van der Waals surface area contributed by atoms with Gasteiger partial charge in [0, 0.05) is 0 Å². The average Bonchev–Trinajstić information content (AvgIpc) is 3.44. The van der Waals surface area contributed by atoms with E-state index >= 15 is 0 Å². The maximum absolute atomic E-state index is 10.9. The molecule has 4 aromatic heterocycles. The molecule has 0 aromatic carbocycles. The number of nitrogens with zero attached hydrogens (tertiary/aromatic N) is 3. The molecule has 0 radical (unpaired) electrons. The smallest absolute Gasteiger partial charge is 0.235 e. The number of likely N-dealkylation sites (N-methyl/N-ethyl adjacent to an activating group) is 1. The summed E-state index contributed by atoms with van der Waals surface area (Å²) in [5.41, 5.74) is 0. The van der Waals surface area contributed by atoms with Crippen LogP contribution in [0.15, 0.2) is 45.6 Å². The Morgan fingerprint density at radius 1 is 1.15 bits per heavy atom. The van der Waals surface area contributed by atoms with E-state index in [2.05, 4.69) is 17.1 Å². The molecule has 27 heavy (non-hydrogen) atoms. The topological polar surface area (TPSA) is 85.6 Å². The first-order valence-corrected chi connectivity index (χ1v) is 9.84. The molecule has 1 aliphatic heterocycles. The fourth-order valence-corrected chi connectivity index (χ4v) is 4.83. The van der Waals surface area contributed by atoms with Crippen molar-refractivity contribution in [2.75, 3.05) is 33.2 Å². The van der Waals surface area contributed by atoms with Gasteiger partial charge in [-0.25, -0.2) is 0 Å². The van der Waals surface area contributed by atoms with E-state index in [0.717, 1.165) is 36.8 Å². The fourth-order valence-electron chi connectivity index (χ4n) is 3.71. The number of rotatable bonds is 4. The molecule has 9 heteroatoms. The molecule has 4 aromatic rings. The van der Waals surface area contributed by atoms with Gasteiger partial charge in [0.2, 0.25) is 16.7 Å². The Morgan fingerprint density at radius 3 is 2.59 bits per heavy atom. The predicted molar refractivity (Wildman–Crippen MR) is 98.1 cm³/mol. The van der Waals surface area contributed by atoms with Crippen LogP contribution < -0.4 is 9.80 Å². The molecule has 5 heterocycles. The van der Waals surface area contributed by atoms with Crippen molar-refractivity contribution in [2.24, 2.45) is 0 Å². The third-order valence-electron chi connectivity index (χ3n) is 5.19. The standard InChI is InChI=1S/C18H19N5O3S/c1-21-6-8-22(9-7-21)14(12-4-2-10-25-12)15-17(24)23-18(27-15)19-16(20-23)13-5-3-11-26-13/h2-5,10-11,14,24H,6-9H2,1H3/p+2/t14-/m1/s1. The van der Waals surface area contributed by atoms with Crippen LogP contribution >= 0.6 is 11.3 Å². The van der Waals surface area contributed by atoms with Gasteiger partial charge in [-0.1, -0.05) is 11.3 Å². The van der Waals surface area contributed by atoms with Crippen molar-refractivity contribution in [2.45, 2.75) is 6.04 Å². The summed E-state index contributed by atoms with van der Waals surface area (Å²) in [5.74, 6) is 2.04. The number of hydrogen-bond acceptors (Lipinski definition) is 6. The Balaban J connectivity index is 1.56. The minimum atomic E-state index is -0.0614. The highest BCUT2D eigenvalue weighted by Crippen LogP contribution is 2.36. The van der Waals surface area contributed by atoms with E-state index in [1.165, 1.54) is 25.7 Å². The molecule has 1 fully saturated rings. The van der Waals surface area contributed by atoms with Crippen molar-refractivity contribution < 1.29 is 23.7 Å². The van der Waals surface area contributed by atoms with Gasteiger partial charge >= 0.3 is 0 Å². The van der Waals surface area contributed by atoms with Gasteiger partial charge in [0.1, 0.15) is 31.1 Å². The summed E-state index contributed by atoms with van der Waals surface area (Å²) in [6, 6.07) is 7.41. The summed E-state index contributed by atoms with van der Waals surface area (Å²) in [6.07, 6.45) is 3.27. The lowest BCUT2D eigenvalue weighted by atomic mass is 10.1. The average molecular weight is 387 g/mol. The Kier molecular flexibility index (Phi) is 4.00. The van der Waals surface area contributed by atoms with Crippen LogP contribution in [0.1, 0.15) is 16.7 Å². The molecule has 3 N–H and O–H groups in total. The number of hydrogen-bond donors (Lipinski definition) is 3. The van der Waals surface area contributed by atoms with E-state index in [-0.39, 0.29) is 11.9 Å². The van der Waals surface area contributed by atoms with E-state index < -0.39 is 0 Å². The Bertz CT molecular complexity index is 1030. The Morgan fingerprint density at radius 2 is 1.93 bits per heavy atom. The number of furan rings is 2. The number of quaternary nitrogens is 2. The molecule has 1 saturated heterocycles. The van der Waals surface area contributed by atoms with Crippen molar-refractivity contribution in [1.29, 1.82) is 0 Å². The maximum Gasteiger partial charge on any atom is 0.235 e. The molecule has 5 rings (SSSR count). The quantitative estimate of drug-likeness (QED) is 0.454. The highest BCUT2D eigenvalue weighted by molar-refractivity contribution is 7.17. The zero-order chi connectivity index (χ0) is 18.4. The Labute approximate surface area is 159 Å². The van der Waals surface area contributed by atoms with Crippen LogP contribution in [0.4, 0.5) is 0 Å². The first-order valence-electron chi connectivity index (χ1n) is 9.02. The number of aromatic nitrogens is 3. The summed E-state index contributed by atoms with van der Waals surface area (Å²) < 4.78 is 12.6. The van der Waals surface area contributed by atoms with E-state index in [1.54, 1.807) is 24.7 Å². The highest BCUT2D eigenvalue weighted by Gasteiger charge is 2.37. The number of aromatic hydroxyl groups is 1. The van der Waals surface area contributed by atoms with E-state index in [1.807, 2.05) is 12.1 Å². The molecule has 8 nitrogen and oxygen atoms in total. The molecular formula is C18H21N5O3S+2. The second kappa shape index (κ2) is 6.52. The number of thiazole rings is 1. The van der Waals surface area contributed by atoms with Gasteiger partial charge in [0.25, 0.3) is 0 Å². The Hall–Kier alpha value is -2.62. The van der Waals surface area contributed by atoms with Crippen molar-refractivity contribution in [3.8, 4) is 17.5 Å². The van der Waals surface area contributed by atoms with Crippen LogP contribution in [-0.2, 0) is 0 Å². The van der Waals surface area contributed by atoms with Crippen molar-refractivity contribution in [1.82, 2.24) is 14.6 Å². The van der Waals surface area contributed by atoms with Gasteiger partial charge in [0.05, 0.1) is 19.6 Å². The minimum absolute atomic E-state index is 0.0614. The van der Waals surface area contributed by atoms with Gasteiger partial charge in [0.15, 0.2) is 17.6 Å². The zero-order valence-electron chi connectivity index (χ0n) is 14.9. The second-order valence-electron chi connectivity index (χ2n) is 6.96. The summed E-state index contributed by atoms with van der Waals surface area (Å²) in [6.45, 7) is 4.22. The van der Waals surface area contributed by atoms with Crippen molar-refractivity contribution >= 4 is 16.3 Å². The van der Waals surface area contributed by atoms with E-state index in [4.69, 9.17) is 8.83 Å². The van der Waals surface area contributed by atoms with Crippen LogP contribution in [0.2, 0.25) is 0 Å². The summed E-state index contributed by atoms with van der Waals surface area (Å²) in [4.78, 5) is 8.93. The normalized spacial score (nSPS) is 21.7. The molecule has 0 unspecified atom stereocenters. The summed E-state index contributed by atoms with van der Waals surface area (Å²) in [7, 11) is 2.22. The molecule has 0 saturated carbocycles. The van der Waals surface area contributed by atoms with Crippen molar-refractivity contribution in [3.05, 3.63) is 47.4 Å². The van der Waals surface area contributed by atoms with Gasteiger partial charge in [-0.05, 0) is 24.3 Å². The van der Waals surface area contributed by atoms with Crippen LogP contribution in [0.5, 0.6) is 5.88 Å². The van der Waals surface area contributed by atoms with Gasteiger partial charge in [-0.15, -0.1) is 5.10 Å². The molecule has 0 aliphatic carbocycles. The van der Waals surface area contributed by atoms with Gasteiger partial charge < -0.3 is 23.7 Å². The number of piperazine rings is 1. The minimum Gasteiger partial charge on any atom is -0.492 e. The number of nitrogens with one attached hydrogen (secondary N) is 2. The summed E-state index contributed by atoms with van der Waals surface area (Å²) >= 11 is 1.45.